The van der Waals surface area contributed by atoms with Crippen LogP contribution < -0.4 is 21.3 Å². The molecule has 1 aromatic heterocycles. The maximum absolute atomic E-state index is 12.0. The first-order valence-electron chi connectivity index (χ1n) is 5.47. The molecule has 4 N–H and O–H groups in total. The van der Waals surface area contributed by atoms with Gasteiger partial charge in [-0.15, -0.1) is 0 Å². The van der Waals surface area contributed by atoms with Gasteiger partial charge in [0.1, 0.15) is 11.4 Å². The number of nitrogens with two attached hydrogens (primary N) is 1. The lowest BCUT2D eigenvalue weighted by Crippen LogP contribution is -2.16. The van der Waals surface area contributed by atoms with E-state index in [1.54, 1.807) is 18.2 Å². The first-order chi connectivity index (χ1) is 9.24. The topological polar surface area (TPSA) is 102 Å². The summed E-state index contributed by atoms with van der Waals surface area (Å²) >= 11 is 0. The number of benzene rings is 1. The second-order valence-electron chi connectivity index (χ2n) is 3.59. The van der Waals surface area contributed by atoms with Crippen molar-refractivity contribution in [1.82, 2.24) is 9.97 Å². The van der Waals surface area contributed by atoms with E-state index in [2.05, 4.69) is 20.7 Å². The second kappa shape index (κ2) is 5.78. The predicted molar refractivity (Wildman–Crippen MR) is 70.8 cm³/mol. The third-order valence-corrected chi connectivity index (χ3v) is 2.39. The lowest BCUT2D eigenvalue weighted by molar-refractivity contribution is 0.102. The molecule has 2 aromatic rings. The van der Waals surface area contributed by atoms with Crippen LogP contribution in [0.1, 0.15) is 10.5 Å². The van der Waals surface area contributed by atoms with Crippen LogP contribution in [0.4, 0.5) is 11.5 Å². The van der Waals surface area contributed by atoms with Crippen molar-refractivity contribution in [3.05, 3.63) is 42.4 Å². The highest BCUT2D eigenvalue weighted by Crippen LogP contribution is 2.23. The fraction of sp³-hybridized carbons (Fsp3) is 0.0833. The number of carbonyl (C=O) groups excluding carboxylic acids is 1. The van der Waals surface area contributed by atoms with Crippen LogP contribution >= 0.6 is 0 Å². The summed E-state index contributed by atoms with van der Waals surface area (Å²) in [5, 5.41) is 2.70. The first kappa shape index (κ1) is 12.8. The van der Waals surface area contributed by atoms with E-state index in [4.69, 9.17) is 10.6 Å². The van der Waals surface area contributed by atoms with Crippen molar-refractivity contribution in [2.45, 2.75) is 0 Å². The fourth-order valence-electron chi connectivity index (χ4n) is 1.45. The molecule has 2 rings (SSSR count). The van der Waals surface area contributed by atoms with E-state index in [0.717, 1.165) is 0 Å². The van der Waals surface area contributed by atoms with Gasteiger partial charge in [-0.05, 0) is 12.1 Å². The number of aromatic nitrogens is 2. The number of nitrogens with zero attached hydrogens (tertiary/aromatic N) is 2. The molecule has 0 atom stereocenters. The van der Waals surface area contributed by atoms with Gasteiger partial charge in [-0.1, -0.05) is 12.1 Å². The van der Waals surface area contributed by atoms with Crippen LogP contribution in [0.25, 0.3) is 0 Å². The minimum Gasteiger partial charge on any atom is -0.495 e. The number of amides is 1. The molecule has 0 fully saturated rings. The molecule has 0 bridgehead atoms. The van der Waals surface area contributed by atoms with E-state index in [-0.39, 0.29) is 11.6 Å². The van der Waals surface area contributed by atoms with Gasteiger partial charge < -0.3 is 15.5 Å². The monoisotopic (exact) mass is 259 g/mol. The smallest absolute Gasteiger partial charge is 0.275 e. The summed E-state index contributed by atoms with van der Waals surface area (Å²) < 4.78 is 5.14. The number of ether oxygens (including phenoxy) is 1. The molecule has 0 unspecified atom stereocenters. The van der Waals surface area contributed by atoms with Crippen molar-refractivity contribution >= 4 is 17.4 Å². The maximum atomic E-state index is 12.0. The third kappa shape index (κ3) is 2.96. The normalized spacial score (nSPS) is 9.79. The molecule has 0 spiro atoms. The van der Waals surface area contributed by atoms with E-state index in [0.29, 0.717) is 17.3 Å². The van der Waals surface area contributed by atoms with Gasteiger partial charge in [-0.25, -0.2) is 15.8 Å². The maximum Gasteiger partial charge on any atom is 0.275 e. The lowest BCUT2D eigenvalue weighted by Gasteiger charge is -2.09. The van der Waals surface area contributed by atoms with Crippen LogP contribution in [0.3, 0.4) is 0 Å². The molecule has 1 heterocycles. The molecule has 98 valence electrons. The van der Waals surface area contributed by atoms with E-state index >= 15 is 0 Å². The number of para-hydroxylation sites is 2. The number of nitrogens with one attached hydrogen (secondary N) is 2. The van der Waals surface area contributed by atoms with Crippen molar-refractivity contribution in [2.24, 2.45) is 5.84 Å². The molecule has 19 heavy (non-hydrogen) atoms. The van der Waals surface area contributed by atoms with Gasteiger partial charge in [0.2, 0.25) is 0 Å². The summed E-state index contributed by atoms with van der Waals surface area (Å²) in [6, 6.07) is 7.10. The summed E-state index contributed by atoms with van der Waals surface area (Å²) in [6.45, 7) is 0. The molecule has 1 aromatic carbocycles. The average molecular weight is 259 g/mol. The van der Waals surface area contributed by atoms with E-state index in [9.17, 15) is 4.79 Å². The van der Waals surface area contributed by atoms with Gasteiger partial charge in [0.05, 0.1) is 25.2 Å². The number of nitrogen functional groups attached to an aromatic ring is 1. The van der Waals surface area contributed by atoms with Gasteiger partial charge in [0, 0.05) is 0 Å². The molecule has 0 radical (unpaired) electrons. The molecule has 0 saturated carbocycles. The average Bonchev–Trinajstić information content (AvgIpc) is 2.48. The van der Waals surface area contributed by atoms with Gasteiger partial charge in [0.15, 0.2) is 5.82 Å². The van der Waals surface area contributed by atoms with Crippen LogP contribution in [0, 0.1) is 0 Å². The van der Waals surface area contributed by atoms with Crippen molar-refractivity contribution in [3.63, 3.8) is 0 Å². The van der Waals surface area contributed by atoms with E-state index in [1.807, 2.05) is 6.07 Å². The highest BCUT2D eigenvalue weighted by Gasteiger charge is 2.10. The van der Waals surface area contributed by atoms with Crippen molar-refractivity contribution < 1.29 is 9.53 Å². The first-order valence-corrected chi connectivity index (χ1v) is 5.47. The van der Waals surface area contributed by atoms with E-state index in [1.165, 1.54) is 19.5 Å². The molecule has 0 saturated heterocycles. The Morgan fingerprint density at radius 1 is 1.26 bits per heavy atom. The number of hydrogen-bond acceptors (Lipinski definition) is 6. The second-order valence-corrected chi connectivity index (χ2v) is 3.59. The summed E-state index contributed by atoms with van der Waals surface area (Å²) in [5.74, 6) is 5.75. The SMILES string of the molecule is COc1ccccc1NC(=O)c1cnc(NN)cn1. The Morgan fingerprint density at radius 2 is 2.05 bits per heavy atom. The van der Waals surface area contributed by atoms with Crippen molar-refractivity contribution in [3.8, 4) is 5.75 Å². The zero-order valence-electron chi connectivity index (χ0n) is 10.3. The molecule has 0 aliphatic heterocycles. The summed E-state index contributed by atoms with van der Waals surface area (Å²) in [4.78, 5) is 19.8. The molecule has 0 aliphatic rings. The number of anilines is 2. The minimum absolute atomic E-state index is 0.185. The molecule has 1 amide bonds. The van der Waals surface area contributed by atoms with Crippen LogP contribution in [-0.4, -0.2) is 23.0 Å². The molecular weight excluding hydrogens is 246 g/mol. The predicted octanol–water partition coefficient (Wildman–Crippen LogP) is 1.02. The Balaban J connectivity index is 2.16. The highest BCUT2D eigenvalue weighted by molar-refractivity contribution is 6.03. The largest absolute Gasteiger partial charge is 0.495 e. The van der Waals surface area contributed by atoms with E-state index < -0.39 is 0 Å². The lowest BCUT2D eigenvalue weighted by atomic mass is 10.3. The molecule has 7 nitrogen and oxygen atoms in total. The molecule has 7 heteroatoms. The Morgan fingerprint density at radius 3 is 2.68 bits per heavy atom. The fourth-order valence-corrected chi connectivity index (χ4v) is 1.45. The van der Waals surface area contributed by atoms with Gasteiger partial charge in [-0.3, -0.25) is 4.79 Å². The van der Waals surface area contributed by atoms with Crippen LogP contribution in [0.2, 0.25) is 0 Å². The zero-order valence-corrected chi connectivity index (χ0v) is 10.3. The van der Waals surface area contributed by atoms with Gasteiger partial charge in [-0.2, -0.15) is 0 Å². The Hall–Kier alpha value is -2.67. The van der Waals surface area contributed by atoms with Crippen LogP contribution in [0.5, 0.6) is 5.75 Å². The summed E-state index contributed by atoms with van der Waals surface area (Å²) in [7, 11) is 1.53. The molecular formula is C12H13N5O2. The van der Waals surface area contributed by atoms with Gasteiger partial charge >= 0.3 is 0 Å². The van der Waals surface area contributed by atoms with Crippen molar-refractivity contribution in [1.29, 1.82) is 0 Å². The number of carbonyl (C=O) groups is 1. The molecule has 0 aliphatic carbocycles. The summed E-state index contributed by atoms with van der Waals surface area (Å²) in [6.07, 6.45) is 2.71. The summed E-state index contributed by atoms with van der Waals surface area (Å²) in [5.41, 5.74) is 3.09. The number of methoxy groups -OCH3 is 1. The number of hydrazine groups is 1. The Labute approximate surface area is 109 Å². The third-order valence-electron chi connectivity index (χ3n) is 2.39. The van der Waals surface area contributed by atoms with Gasteiger partial charge in [0.25, 0.3) is 5.91 Å². The van der Waals surface area contributed by atoms with Crippen LogP contribution in [0.15, 0.2) is 36.7 Å². The quantitative estimate of drug-likeness (QED) is 0.559. The zero-order chi connectivity index (χ0) is 13.7. The highest BCUT2D eigenvalue weighted by atomic mass is 16.5. The minimum atomic E-state index is -0.374. The van der Waals surface area contributed by atoms with Crippen LogP contribution in [-0.2, 0) is 0 Å². The van der Waals surface area contributed by atoms with Crippen molar-refractivity contribution in [2.75, 3.05) is 17.9 Å². The Bertz CT molecular complexity index is 571. The number of hydrogen-bond donors (Lipinski definition) is 3. The number of rotatable bonds is 4. The Kier molecular flexibility index (Phi) is 3.89. The standard InChI is InChI=1S/C12H13N5O2/c1-19-10-5-3-2-4-8(10)16-12(18)9-6-15-11(17-13)7-14-9/h2-7H,13H2,1H3,(H,15,17)(H,16,18).